The van der Waals surface area contributed by atoms with Crippen LogP contribution in [0.1, 0.15) is 67.5 Å². The molecule has 1 N–H and O–H groups in total. The fraction of sp³-hybridized carbons (Fsp3) is 0.423. The zero-order valence-electron chi connectivity index (χ0n) is 17.9. The Morgan fingerprint density at radius 1 is 1.07 bits per heavy atom. The van der Waals surface area contributed by atoms with Crippen molar-refractivity contribution in [1.82, 2.24) is 9.88 Å². The summed E-state index contributed by atoms with van der Waals surface area (Å²) < 4.78 is 0. The fourth-order valence-corrected chi connectivity index (χ4v) is 4.89. The smallest absolute Gasteiger partial charge is 0.223 e. The van der Waals surface area contributed by atoms with Crippen LogP contribution in [0, 0.1) is 0 Å². The third-order valence-electron chi connectivity index (χ3n) is 6.45. The second-order valence-electron chi connectivity index (χ2n) is 8.19. The van der Waals surface area contributed by atoms with Gasteiger partial charge < -0.3 is 9.88 Å². The van der Waals surface area contributed by atoms with E-state index in [2.05, 4.69) is 73.3 Å². The average Bonchev–Trinajstić information content (AvgIpc) is 3.16. The summed E-state index contributed by atoms with van der Waals surface area (Å²) >= 11 is 0. The monoisotopic (exact) mass is 388 g/mol. The quantitative estimate of drug-likeness (QED) is 0.572. The molecule has 1 aliphatic rings. The standard InChI is InChI=1S/C26H32N2O/c1-4-9-26(29)28-13-12-20-14-18(5-2)19(6-3)15-23(20)25(28)16-21-17-27-24-11-8-7-10-22(21)24/h7-8,10-11,14-15,17,25,27H,4-6,9,12-13,16H2,1-3H3. The molecule has 0 saturated heterocycles. The minimum atomic E-state index is 0.119. The Balaban J connectivity index is 1.78. The van der Waals surface area contributed by atoms with Gasteiger partial charge in [-0.3, -0.25) is 4.79 Å². The summed E-state index contributed by atoms with van der Waals surface area (Å²) in [5, 5.41) is 1.27. The molecule has 0 radical (unpaired) electrons. The van der Waals surface area contributed by atoms with Crippen LogP contribution in [0.5, 0.6) is 0 Å². The van der Waals surface area contributed by atoms with Crippen LogP contribution in [-0.2, 0) is 30.5 Å². The second kappa shape index (κ2) is 8.44. The highest BCUT2D eigenvalue weighted by molar-refractivity contribution is 5.83. The molecule has 1 aromatic heterocycles. The van der Waals surface area contributed by atoms with Crippen molar-refractivity contribution >= 4 is 16.8 Å². The molecule has 4 rings (SSSR count). The highest BCUT2D eigenvalue weighted by Crippen LogP contribution is 2.36. The van der Waals surface area contributed by atoms with Crippen molar-refractivity contribution in [2.24, 2.45) is 0 Å². The molecule has 0 fully saturated rings. The molecule has 2 aromatic carbocycles. The van der Waals surface area contributed by atoms with Crippen LogP contribution < -0.4 is 0 Å². The molecule has 1 unspecified atom stereocenters. The Morgan fingerprint density at radius 3 is 2.59 bits per heavy atom. The average molecular weight is 389 g/mol. The summed E-state index contributed by atoms with van der Waals surface area (Å²) in [6, 6.07) is 13.4. The van der Waals surface area contributed by atoms with E-state index in [1.54, 1.807) is 0 Å². The maximum absolute atomic E-state index is 13.0. The summed E-state index contributed by atoms with van der Waals surface area (Å²) in [6.07, 6.45) is 7.60. The minimum absolute atomic E-state index is 0.119. The number of hydrogen-bond acceptors (Lipinski definition) is 1. The maximum atomic E-state index is 13.0. The molecule has 3 aromatic rings. The Kier molecular flexibility index (Phi) is 5.75. The molecule has 3 heteroatoms. The number of amides is 1. The molecule has 1 atom stereocenters. The van der Waals surface area contributed by atoms with Gasteiger partial charge in [0.15, 0.2) is 0 Å². The van der Waals surface area contributed by atoms with Gasteiger partial charge in [0.25, 0.3) is 0 Å². The number of fused-ring (bicyclic) bond motifs is 2. The first-order chi connectivity index (χ1) is 14.2. The number of aromatic nitrogens is 1. The summed E-state index contributed by atoms with van der Waals surface area (Å²) in [5.41, 5.74) is 8.15. The predicted octanol–water partition coefficient (Wildman–Crippen LogP) is 5.76. The third-order valence-corrected chi connectivity index (χ3v) is 6.45. The normalized spacial score (nSPS) is 16.2. The van der Waals surface area contributed by atoms with Gasteiger partial charge in [-0.2, -0.15) is 0 Å². The molecule has 1 amide bonds. The van der Waals surface area contributed by atoms with Crippen molar-refractivity contribution in [3.8, 4) is 0 Å². The number of rotatable bonds is 6. The summed E-state index contributed by atoms with van der Waals surface area (Å²) in [5.74, 6) is 0.292. The lowest BCUT2D eigenvalue weighted by molar-refractivity contribution is -0.134. The van der Waals surface area contributed by atoms with Gasteiger partial charge >= 0.3 is 0 Å². The van der Waals surface area contributed by atoms with Crippen molar-refractivity contribution in [3.05, 3.63) is 70.4 Å². The highest BCUT2D eigenvalue weighted by atomic mass is 16.2. The van der Waals surface area contributed by atoms with Crippen LogP contribution in [0.25, 0.3) is 10.9 Å². The molecular formula is C26H32N2O. The van der Waals surface area contributed by atoms with E-state index in [0.29, 0.717) is 12.3 Å². The second-order valence-corrected chi connectivity index (χ2v) is 8.19. The zero-order chi connectivity index (χ0) is 20.4. The van der Waals surface area contributed by atoms with Gasteiger partial charge in [0.2, 0.25) is 5.91 Å². The van der Waals surface area contributed by atoms with Crippen LogP contribution in [0.3, 0.4) is 0 Å². The summed E-state index contributed by atoms with van der Waals surface area (Å²) in [4.78, 5) is 18.6. The molecule has 2 heterocycles. The van der Waals surface area contributed by atoms with Gasteiger partial charge in [-0.25, -0.2) is 0 Å². The van der Waals surface area contributed by atoms with Crippen LogP contribution in [-0.4, -0.2) is 22.3 Å². The van der Waals surface area contributed by atoms with Gasteiger partial charge in [0.05, 0.1) is 6.04 Å². The van der Waals surface area contributed by atoms with Crippen LogP contribution in [0.15, 0.2) is 42.6 Å². The van der Waals surface area contributed by atoms with E-state index in [1.165, 1.54) is 38.7 Å². The Labute approximate surface area is 174 Å². The largest absolute Gasteiger partial charge is 0.361 e. The van der Waals surface area contributed by atoms with Gasteiger partial charge in [-0.15, -0.1) is 0 Å². The van der Waals surface area contributed by atoms with Crippen molar-refractivity contribution in [2.75, 3.05) is 6.54 Å². The molecule has 29 heavy (non-hydrogen) atoms. The number of hydrogen-bond donors (Lipinski definition) is 1. The molecular weight excluding hydrogens is 356 g/mol. The Bertz CT molecular complexity index is 1020. The lowest BCUT2D eigenvalue weighted by Crippen LogP contribution is -2.41. The first kappa shape index (κ1) is 19.8. The molecule has 0 spiro atoms. The summed E-state index contributed by atoms with van der Waals surface area (Å²) in [7, 11) is 0. The molecule has 3 nitrogen and oxygen atoms in total. The van der Waals surface area contributed by atoms with E-state index in [4.69, 9.17) is 0 Å². The Hall–Kier alpha value is -2.55. The van der Waals surface area contributed by atoms with E-state index in [-0.39, 0.29) is 6.04 Å². The van der Waals surface area contributed by atoms with Gasteiger partial charge in [-0.1, -0.05) is 51.1 Å². The number of aromatic amines is 1. The van der Waals surface area contributed by atoms with Crippen LogP contribution in [0.2, 0.25) is 0 Å². The predicted molar refractivity (Wildman–Crippen MR) is 120 cm³/mol. The van der Waals surface area contributed by atoms with E-state index in [1.807, 2.05) is 0 Å². The number of carbonyl (C=O) groups excluding carboxylic acids is 1. The van der Waals surface area contributed by atoms with Crippen molar-refractivity contribution in [3.63, 3.8) is 0 Å². The van der Waals surface area contributed by atoms with Gasteiger partial charge in [0.1, 0.15) is 0 Å². The fourth-order valence-electron chi connectivity index (χ4n) is 4.89. The lowest BCUT2D eigenvalue weighted by Gasteiger charge is -2.38. The third kappa shape index (κ3) is 3.71. The number of nitrogens with one attached hydrogen (secondary N) is 1. The number of para-hydroxylation sites is 1. The SMILES string of the molecule is CCCC(=O)N1CCc2cc(CC)c(CC)cc2C1Cc1c[nH]c2ccccc12. The number of carbonyl (C=O) groups is 1. The van der Waals surface area contributed by atoms with Crippen LogP contribution in [0.4, 0.5) is 0 Å². The van der Waals surface area contributed by atoms with E-state index in [0.717, 1.165) is 38.6 Å². The van der Waals surface area contributed by atoms with Crippen molar-refractivity contribution in [2.45, 2.75) is 65.3 Å². The number of aryl methyl sites for hydroxylation is 2. The lowest BCUT2D eigenvalue weighted by atomic mass is 9.84. The topological polar surface area (TPSA) is 36.1 Å². The number of benzene rings is 2. The number of nitrogens with zero attached hydrogens (tertiary/aromatic N) is 1. The van der Waals surface area contributed by atoms with Crippen molar-refractivity contribution in [1.29, 1.82) is 0 Å². The molecule has 152 valence electrons. The Morgan fingerprint density at radius 2 is 1.83 bits per heavy atom. The van der Waals surface area contributed by atoms with Crippen LogP contribution >= 0.6 is 0 Å². The van der Waals surface area contributed by atoms with E-state index >= 15 is 0 Å². The molecule has 0 saturated carbocycles. The highest BCUT2D eigenvalue weighted by Gasteiger charge is 2.31. The van der Waals surface area contributed by atoms with Gasteiger partial charge in [0, 0.05) is 30.1 Å². The summed E-state index contributed by atoms with van der Waals surface area (Å²) in [6.45, 7) is 7.39. The number of H-pyrrole nitrogens is 1. The zero-order valence-corrected chi connectivity index (χ0v) is 17.9. The minimum Gasteiger partial charge on any atom is -0.361 e. The first-order valence-electron chi connectivity index (χ1n) is 11.1. The van der Waals surface area contributed by atoms with Crippen molar-refractivity contribution < 1.29 is 4.79 Å². The van der Waals surface area contributed by atoms with E-state index in [9.17, 15) is 4.79 Å². The molecule has 0 aliphatic carbocycles. The van der Waals surface area contributed by atoms with Gasteiger partial charge in [-0.05, 0) is 66.0 Å². The van der Waals surface area contributed by atoms with E-state index < -0.39 is 0 Å². The maximum Gasteiger partial charge on any atom is 0.223 e. The molecule has 1 aliphatic heterocycles. The molecule has 0 bridgehead atoms. The first-order valence-corrected chi connectivity index (χ1v) is 11.1.